The van der Waals surface area contributed by atoms with Crippen LogP contribution in [0.2, 0.25) is 0 Å². The molecule has 150 valence electrons. The fourth-order valence-electron chi connectivity index (χ4n) is 3.39. The first-order valence-electron chi connectivity index (χ1n) is 9.63. The predicted molar refractivity (Wildman–Crippen MR) is 109 cm³/mol. The summed E-state index contributed by atoms with van der Waals surface area (Å²) in [6.45, 7) is 4.77. The molecule has 1 amide bonds. The summed E-state index contributed by atoms with van der Waals surface area (Å²) in [6.07, 6.45) is 3.85. The second-order valence-corrected chi connectivity index (χ2v) is 7.03. The van der Waals surface area contributed by atoms with Crippen LogP contribution in [-0.4, -0.2) is 63.8 Å². The first kappa shape index (κ1) is 18.9. The summed E-state index contributed by atoms with van der Waals surface area (Å²) in [5.74, 6) is 2.53. The predicted octanol–water partition coefficient (Wildman–Crippen LogP) is 1.87. The fourth-order valence-corrected chi connectivity index (χ4v) is 3.39. The number of rotatable bonds is 5. The van der Waals surface area contributed by atoms with Gasteiger partial charge in [0.05, 0.1) is 19.2 Å². The van der Waals surface area contributed by atoms with Gasteiger partial charge in [0.25, 0.3) is 0 Å². The molecule has 2 aromatic heterocycles. The summed E-state index contributed by atoms with van der Waals surface area (Å²) < 4.78 is 6.91. The average Bonchev–Trinajstić information content (AvgIpc) is 3.21. The van der Waals surface area contributed by atoms with E-state index in [9.17, 15) is 4.79 Å². The summed E-state index contributed by atoms with van der Waals surface area (Å²) >= 11 is 0. The van der Waals surface area contributed by atoms with Crippen LogP contribution >= 0.6 is 0 Å². The number of hydrogen-bond acceptors (Lipinski definition) is 6. The number of piperazine rings is 1. The molecule has 29 heavy (non-hydrogen) atoms. The summed E-state index contributed by atoms with van der Waals surface area (Å²) in [4.78, 5) is 25.5. The number of carbonyl (C=O) groups is 1. The van der Waals surface area contributed by atoms with Gasteiger partial charge in [-0.2, -0.15) is 5.10 Å². The van der Waals surface area contributed by atoms with Gasteiger partial charge in [-0.05, 0) is 30.7 Å². The van der Waals surface area contributed by atoms with Crippen molar-refractivity contribution in [1.82, 2.24) is 24.6 Å². The van der Waals surface area contributed by atoms with Crippen LogP contribution in [0.15, 0.2) is 48.9 Å². The highest BCUT2D eigenvalue weighted by Gasteiger charge is 2.22. The van der Waals surface area contributed by atoms with Gasteiger partial charge in [0, 0.05) is 38.4 Å². The molecular weight excluding hydrogens is 368 g/mol. The standard InChI is InChI=1S/C21H24N6O2/c1-16-7-8-27(24-16)20-14-19(22-15-23-20)25-9-11-26(12-10-25)21(28)13-17-3-5-18(29-2)6-4-17/h3-8,14-15H,9-13H2,1-2H3. The Hall–Kier alpha value is -3.42. The molecule has 1 aliphatic heterocycles. The molecule has 8 nitrogen and oxygen atoms in total. The topological polar surface area (TPSA) is 76.4 Å². The maximum Gasteiger partial charge on any atom is 0.227 e. The van der Waals surface area contributed by atoms with Gasteiger partial charge >= 0.3 is 0 Å². The van der Waals surface area contributed by atoms with Gasteiger partial charge in [-0.3, -0.25) is 4.79 Å². The maximum atomic E-state index is 12.6. The number of aromatic nitrogens is 4. The number of carbonyl (C=O) groups excluding carboxylic acids is 1. The fraction of sp³-hybridized carbons (Fsp3) is 0.333. The molecule has 3 heterocycles. The van der Waals surface area contributed by atoms with E-state index >= 15 is 0 Å². The third-order valence-electron chi connectivity index (χ3n) is 5.07. The van der Waals surface area contributed by atoms with E-state index in [2.05, 4.69) is 20.0 Å². The number of nitrogens with zero attached hydrogens (tertiary/aromatic N) is 6. The van der Waals surface area contributed by atoms with Gasteiger partial charge in [0.15, 0.2) is 5.82 Å². The maximum absolute atomic E-state index is 12.6. The third-order valence-corrected chi connectivity index (χ3v) is 5.07. The molecule has 1 saturated heterocycles. The zero-order valence-corrected chi connectivity index (χ0v) is 16.7. The van der Waals surface area contributed by atoms with Crippen molar-refractivity contribution in [2.24, 2.45) is 0 Å². The minimum atomic E-state index is 0.144. The Morgan fingerprint density at radius 2 is 1.76 bits per heavy atom. The van der Waals surface area contributed by atoms with Crippen LogP contribution in [-0.2, 0) is 11.2 Å². The smallest absolute Gasteiger partial charge is 0.227 e. The molecule has 0 spiro atoms. The van der Waals surface area contributed by atoms with E-state index in [0.717, 1.165) is 41.7 Å². The third kappa shape index (κ3) is 4.37. The molecule has 1 aromatic carbocycles. The van der Waals surface area contributed by atoms with Crippen molar-refractivity contribution in [3.8, 4) is 11.6 Å². The first-order chi connectivity index (χ1) is 14.1. The highest BCUT2D eigenvalue weighted by Crippen LogP contribution is 2.17. The lowest BCUT2D eigenvalue weighted by Crippen LogP contribution is -2.49. The second kappa shape index (κ2) is 8.30. The highest BCUT2D eigenvalue weighted by atomic mass is 16.5. The Bertz CT molecular complexity index is 977. The molecule has 0 bridgehead atoms. The lowest BCUT2D eigenvalue weighted by Gasteiger charge is -2.35. The molecular formula is C21H24N6O2. The van der Waals surface area contributed by atoms with Crippen molar-refractivity contribution in [1.29, 1.82) is 0 Å². The van der Waals surface area contributed by atoms with Crippen LogP contribution in [0.5, 0.6) is 5.75 Å². The molecule has 0 unspecified atom stereocenters. The SMILES string of the molecule is COc1ccc(CC(=O)N2CCN(c3cc(-n4ccc(C)n4)ncn3)CC2)cc1. The van der Waals surface area contributed by atoms with Gasteiger partial charge in [-0.15, -0.1) is 0 Å². The molecule has 3 aromatic rings. The van der Waals surface area contributed by atoms with Crippen molar-refractivity contribution < 1.29 is 9.53 Å². The van der Waals surface area contributed by atoms with E-state index in [1.165, 1.54) is 0 Å². The van der Waals surface area contributed by atoms with Gasteiger partial charge in [0.2, 0.25) is 5.91 Å². The van der Waals surface area contributed by atoms with Gasteiger partial charge in [0.1, 0.15) is 17.9 Å². The first-order valence-corrected chi connectivity index (χ1v) is 9.63. The number of amides is 1. The van der Waals surface area contributed by atoms with Crippen molar-refractivity contribution in [2.75, 3.05) is 38.2 Å². The van der Waals surface area contributed by atoms with E-state index in [4.69, 9.17) is 4.74 Å². The molecule has 0 radical (unpaired) electrons. The van der Waals surface area contributed by atoms with E-state index in [-0.39, 0.29) is 5.91 Å². The van der Waals surface area contributed by atoms with Crippen LogP contribution in [0.25, 0.3) is 5.82 Å². The molecule has 0 atom stereocenters. The summed E-state index contributed by atoms with van der Waals surface area (Å²) in [5, 5.41) is 4.40. The van der Waals surface area contributed by atoms with Crippen molar-refractivity contribution in [3.05, 3.63) is 60.2 Å². The van der Waals surface area contributed by atoms with Gasteiger partial charge in [-0.25, -0.2) is 14.6 Å². The number of ether oxygens (including phenoxy) is 1. The Morgan fingerprint density at radius 3 is 2.41 bits per heavy atom. The quantitative estimate of drug-likeness (QED) is 0.660. The second-order valence-electron chi connectivity index (χ2n) is 7.03. The van der Waals surface area contributed by atoms with Crippen LogP contribution in [0.3, 0.4) is 0 Å². The van der Waals surface area contributed by atoms with Crippen LogP contribution < -0.4 is 9.64 Å². The minimum Gasteiger partial charge on any atom is -0.497 e. The molecule has 8 heteroatoms. The number of aryl methyl sites for hydroxylation is 1. The van der Waals surface area contributed by atoms with E-state index in [1.54, 1.807) is 18.1 Å². The Labute approximate surface area is 169 Å². The minimum absolute atomic E-state index is 0.144. The summed E-state index contributed by atoms with van der Waals surface area (Å²) in [6, 6.07) is 11.5. The van der Waals surface area contributed by atoms with E-state index in [0.29, 0.717) is 19.5 Å². The summed E-state index contributed by atoms with van der Waals surface area (Å²) in [5.41, 5.74) is 1.93. The Kier molecular flexibility index (Phi) is 5.41. The molecule has 0 N–H and O–H groups in total. The number of benzene rings is 1. The van der Waals surface area contributed by atoms with Crippen molar-refractivity contribution >= 4 is 11.7 Å². The normalized spacial score (nSPS) is 14.1. The number of methoxy groups -OCH3 is 1. The lowest BCUT2D eigenvalue weighted by atomic mass is 10.1. The number of anilines is 1. The van der Waals surface area contributed by atoms with Crippen LogP contribution in [0.4, 0.5) is 5.82 Å². The number of hydrogen-bond donors (Lipinski definition) is 0. The molecule has 1 fully saturated rings. The monoisotopic (exact) mass is 392 g/mol. The van der Waals surface area contributed by atoms with Crippen molar-refractivity contribution in [2.45, 2.75) is 13.3 Å². The molecule has 0 saturated carbocycles. The van der Waals surface area contributed by atoms with Gasteiger partial charge in [-0.1, -0.05) is 12.1 Å². The average molecular weight is 392 g/mol. The summed E-state index contributed by atoms with van der Waals surface area (Å²) in [7, 11) is 1.64. The van der Waals surface area contributed by atoms with Crippen LogP contribution in [0, 0.1) is 6.92 Å². The zero-order chi connectivity index (χ0) is 20.2. The largest absolute Gasteiger partial charge is 0.497 e. The Balaban J connectivity index is 1.36. The van der Waals surface area contributed by atoms with Crippen molar-refractivity contribution in [3.63, 3.8) is 0 Å². The van der Waals surface area contributed by atoms with E-state index < -0.39 is 0 Å². The molecule has 0 aliphatic carbocycles. The van der Waals surface area contributed by atoms with Gasteiger partial charge < -0.3 is 14.5 Å². The lowest BCUT2D eigenvalue weighted by molar-refractivity contribution is -0.130. The van der Waals surface area contributed by atoms with E-state index in [1.807, 2.05) is 54.4 Å². The molecule has 4 rings (SSSR count). The highest BCUT2D eigenvalue weighted by molar-refractivity contribution is 5.79. The van der Waals surface area contributed by atoms with Crippen LogP contribution in [0.1, 0.15) is 11.3 Å². The Morgan fingerprint density at radius 1 is 1.03 bits per heavy atom. The zero-order valence-electron chi connectivity index (χ0n) is 16.7. The molecule has 1 aliphatic rings.